The van der Waals surface area contributed by atoms with E-state index in [1.54, 1.807) is 0 Å². The van der Waals surface area contributed by atoms with E-state index in [4.69, 9.17) is 0 Å². The number of hydrogen-bond donors (Lipinski definition) is 0. The summed E-state index contributed by atoms with van der Waals surface area (Å²) in [5.74, 6) is -0.289. The second-order valence-corrected chi connectivity index (χ2v) is 4.02. The molecule has 0 amide bonds. The molecule has 78 valence electrons. The smallest absolute Gasteiger partial charge is 0.129 e. The first-order valence-corrected chi connectivity index (χ1v) is 5.03. The second kappa shape index (κ2) is 5.08. The zero-order valence-electron chi connectivity index (χ0n) is 8.69. The number of hydrogen-bond acceptors (Lipinski definition) is 0. The van der Waals surface area contributed by atoms with E-state index in [1.165, 1.54) is 12.1 Å². The summed E-state index contributed by atoms with van der Waals surface area (Å²) in [6.45, 7) is 4.28. The van der Waals surface area contributed by atoms with Crippen molar-refractivity contribution in [2.24, 2.45) is 5.92 Å². The fraction of sp³-hybridized carbons (Fsp3) is 0.500. The summed E-state index contributed by atoms with van der Waals surface area (Å²) < 4.78 is 25.7. The average Bonchev–Trinajstić information content (AvgIpc) is 2.08. The Morgan fingerprint density at radius 3 is 2.50 bits per heavy atom. The molecule has 1 rings (SSSR count). The van der Waals surface area contributed by atoms with Crippen molar-refractivity contribution in [3.63, 3.8) is 0 Å². The van der Waals surface area contributed by atoms with Crippen LogP contribution in [0.15, 0.2) is 18.2 Å². The molecule has 0 aromatic heterocycles. The van der Waals surface area contributed by atoms with Crippen LogP contribution in [0.5, 0.6) is 0 Å². The Morgan fingerprint density at radius 2 is 1.93 bits per heavy atom. The second-order valence-electron chi connectivity index (χ2n) is 4.02. The molecule has 0 saturated heterocycles. The number of rotatable bonds is 4. The van der Waals surface area contributed by atoms with Gasteiger partial charge in [0.15, 0.2) is 0 Å². The first-order valence-electron chi connectivity index (χ1n) is 5.03. The quantitative estimate of drug-likeness (QED) is 0.687. The monoisotopic (exact) mass is 198 g/mol. The minimum Gasteiger partial charge on any atom is -0.207 e. The van der Waals surface area contributed by atoms with E-state index in [1.807, 2.05) is 0 Å². The summed E-state index contributed by atoms with van der Waals surface area (Å²) in [6, 6.07) is 3.80. The van der Waals surface area contributed by atoms with Gasteiger partial charge in [0.2, 0.25) is 0 Å². The maximum Gasteiger partial charge on any atom is 0.129 e. The molecule has 0 aliphatic heterocycles. The van der Waals surface area contributed by atoms with Crippen LogP contribution < -0.4 is 0 Å². The Balaban J connectivity index is 2.51. The van der Waals surface area contributed by atoms with Crippen molar-refractivity contribution in [1.82, 2.24) is 0 Å². The van der Waals surface area contributed by atoms with E-state index in [9.17, 15) is 8.78 Å². The molecule has 0 aliphatic rings. The van der Waals surface area contributed by atoms with Gasteiger partial charge in [0.25, 0.3) is 0 Å². The molecule has 0 heterocycles. The van der Waals surface area contributed by atoms with Gasteiger partial charge in [-0.1, -0.05) is 26.3 Å². The topological polar surface area (TPSA) is 0 Å². The normalized spacial score (nSPS) is 10.9. The highest BCUT2D eigenvalue weighted by Gasteiger charge is 2.03. The first-order chi connectivity index (χ1) is 6.59. The van der Waals surface area contributed by atoms with Gasteiger partial charge in [-0.3, -0.25) is 0 Å². The van der Waals surface area contributed by atoms with Gasteiger partial charge in [-0.2, -0.15) is 0 Å². The summed E-state index contributed by atoms with van der Waals surface area (Å²) >= 11 is 0. The summed E-state index contributed by atoms with van der Waals surface area (Å²) in [7, 11) is 0. The van der Waals surface area contributed by atoms with Crippen molar-refractivity contribution in [2.45, 2.75) is 33.1 Å². The fourth-order valence-corrected chi connectivity index (χ4v) is 1.43. The van der Waals surface area contributed by atoms with E-state index >= 15 is 0 Å². The molecule has 0 atom stereocenters. The van der Waals surface area contributed by atoms with Gasteiger partial charge in [0.05, 0.1) is 0 Å². The van der Waals surface area contributed by atoms with Crippen molar-refractivity contribution in [3.05, 3.63) is 35.4 Å². The van der Waals surface area contributed by atoms with Gasteiger partial charge >= 0.3 is 0 Å². The minimum absolute atomic E-state index is 0.422. The van der Waals surface area contributed by atoms with Gasteiger partial charge in [-0.15, -0.1) is 0 Å². The molecular formula is C12H16F2. The van der Waals surface area contributed by atoms with Crippen LogP contribution in [0.2, 0.25) is 0 Å². The van der Waals surface area contributed by atoms with Crippen molar-refractivity contribution >= 4 is 0 Å². The van der Waals surface area contributed by atoms with Crippen molar-refractivity contribution in [2.75, 3.05) is 0 Å². The van der Waals surface area contributed by atoms with Crippen LogP contribution in [0.25, 0.3) is 0 Å². The Kier molecular flexibility index (Phi) is 4.05. The van der Waals surface area contributed by atoms with Crippen LogP contribution in [0.4, 0.5) is 8.78 Å². The molecule has 14 heavy (non-hydrogen) atoms. The van der Waals surface area contributed by atoms with Crippen LogP contribution >= 0.6 is 0 Å². The predicted octanol–water partition coefficient (Wildman–Crippen LogP) is 3.94. The molecule has 1 aromatic carbocycles. The first kappa shape index (κ1) is 11.2. The third kappa shape index (κ3) is 3.44. The van der Waals surface area contributed by atoms with E-state index in [0.717, 1.165) is 18.9 Å². The summed E-state index contributed by atoms with van der Waals surface area (Å²) in [4.78, 5) is 0. The molecule has 0 aliphatic carbocycles. The highest BCUT2D eigenvalue weighted by atomic mass is 19.1. The van der Waals surface area contributed by atoms with Gasteiger partial charge in [-0.25, -0.2) is 8.78 Å². The van der Waals surface area contributed by atoms with Gasteiger partial charge < -0.3 is 0 Å². The van der Waals surface area contributed by atoms with Gasteiger partial charge in [-0.05, 0) is 30.4 Å². The lowest BCUT2D eigenvalue weighted by Gasteiger charge is -2.05. The van der Waals surface area contributed by atoms with Crippen LogP contribution in [0.3, 0.4) is 0 Å². The molecule has 0 unspecified atom stereocenters. The molecule has 0 fully saturated rings. The predicted molar refractivity (Wildman–Crippen MR) is 54.1 cm³/mol. The zero-order valence-corrected chi connectivity index (χ0v) is 8.69. The Labute approximate surface area is 84.0 Å². The number of halogens is 2. The largest absolute Gasteiger partial charge is 0.207 e. The Morgan fingerprint density at radius 1 is 1.21 bits per heavy atom. The Bertz CT molecular complexity index is 292. The summed E-state index contributed by atoms with van der Waals surface area (Å²) in [5.41, 5.74) is 0.618. The minimum atomic E-state index is -0.505. The SMILES string of the molecule is CC(C)CCCc1ccc(F)cc1F. The highest BCUT2D eigenvalue weighted by molar-refractivity contribution is 5.18. The molecule has 0 bridgehead atoms. The summed E-state index contributed by atoms with van der Waals surface area (Å²) in [6.07, 6.45) is 2.74. The number of aryl methyl sites for hydroxylation is 1. The van der Waals surface area contributed by atoms with Crippen LogP contribution in [0.1, 0.15) is 32.3 Å². The third-order valence-electron chi connectivity index (χ3n) is 2.24. The molecule has 0 spiro atoms. The van der Waals surface area contributed by atoms with E-state index in [-0.39, 0.29) is 0 Å². The van der Waals surface area contributed by atoms with E-state index in [0.29, 0.717) is 17.9 Å². The van der Waals surface area contributed by atoms with Crippen LogP contribution in [-0.4, -0.2) is 0 Å². The highest BCUT2D eigenvalue weighted by Crippen LogP contribution is 2.14. The molecule has 1 aromatic rings. The maximum absolute atomic E-state index is 13.1. The fourth-order valence-electron chi connectivity index (χ4n) is 1.43. The lowest BCUT2D eigenvalue weighted by Crippen LogP contribution is -1.94. The maximum atomic E-state index is 13.1. The molecular weight excluding hydrogens is 182 g/mol. The van der Waals surface area contributed by atoms with E-state index < -0.39 is 11.6 Å². The Hall–Kier alpha value is -0.920. The lowest BCUT2D eigenvalue weighted by molar-refractivity contribution is 0.536. The average molecular weight is 198 g/mol. The zero-order chi connectivity index (χ0) is 10.6. The van der Waals surface area contributed by atoms with Crippen molar-refractivity contribution < 1.29 is 8.78 Å². The summed E-state index contributed by atoms with van der Waals surface area (Å²) in [5, 5.41) is 0. The molecule has 0 N–H and O–H groups in total. The molecule has 0 saturated carbocycles. The molecule has 0 radical (unpaired) electrons. The molecule has 0 nitrogen and oxygen atoms in total. The van der Waals surface area contributed by atoms with Crippen molar-refractivity contribution in [3.8, 4) is 0 Å². The molecule has 2 heteroatoms. The number of benzene rings is 1. The standard InChI is InChI=1S/C12H16F2/c1-9(2)4-3-5-10-6-7-11(13)8-12(10)14/h6-9H,3-5H2,1-2H3. The lowest BCUT2D eigenvalue weighted by atomic mass is 10.0. The van der Waals surface area contributed by atoms with Crippen LogP contribution in [-0.2, 0) is 6.42 Å². The van der Waals surface area contributed by atoms with Gasteiger partial charge in [0, 0.05) is 6.07 Å². The third-order valence-corrected chi connectivity index (χ3v) is 2.24. The van der Waals surface area contributed by atoms with E-state index in [2.05, 4.69) is 13.8 Å². The van der Waals surface area contributed by atoms with Crippen molar-refractivity contribution in [1.29, 1.82) is 0 Å². The van der Waals surface area contributed by atoms with Gasteiger partial charge in [0.1, 0.15) is 11.6 Å². The van der Waals surface area contributed by atoms with Crippen LogP contribution in [0, 0.1) is 17.6 Å².